The van der Waals surface area contributed by atoms with Crippen LogP contribution in [-0.4, -0.2) is 16.2 Å². The summed E-state index contributed by atoms with van der Waals surface area (Å²) in [6.07, 6.45) is 2.16. The number of carbonyl (C=O) groups excluding carboxylic acids is 1. The van der Waals surface area contributed by atoms with Crippen molar-refractivity contribution in [2.24, 2.45) is 0 Å². The number of hydrogen-bond donors (Lipinski definition) is 3. The molecule has 4 aromatic rings. The molecule has 5 rings (SSSR count). The fourth-order valence-electron chi connectivity index (χ4n) is 4.11. The van der Waals surface area contributed by atoms with Crippen molar-refractivity contribution in [1.29, 1.82) is 0 Å². The van der Waals surface area contributed by atoms with Gasteiger partial charge < -0.3 is 20.5 Å². The lowest BCUT2D eigenvalue weighted by Crippen LogP contribution is -2.20. The highest BCUT2D eigenvalue weighted by Crippen LogP contribution is 2.33. The van der Waals surface area contributed by atoms with Crippen LogP contribution in [0.15, 0.2) is 59.1 Å². The first-order valence-corrected chi connectivity index (χ1v) is 10.3. The first-order chi connectivity index (χ1) is 15.1. The zero-order valence-electron chi connectivity index (χ0n) is 17.4. The van der Waals surface area contributed by atoms with Crippen molar-refractivity contribution in [3.05, 3.63) is 77.2 Å². The standard InChI is InChI=1S/C24H23N5O2/c1-14-23(15(2)31-29-14)28-24(30)25-18-9-11-20-17(13-18)8-12-22(26-20)27-21-10-7-16-5-3-4-6-19(16)21/h3-6,8-9,11-13,21H,7,10H2,1-2H3,(H,26,27)(H2,25,28,30). The number of rotatable bonds is 4. The number of aromatic nitrogens is 2. The maximum absolute atomic E-state index is 12.4. The number of anilines is 3. The van der Waals surface area contributed by atoms with Crippen molar-refractivity contribution in [3.63, 3.8) is 0 Å². The molecular formula is C24H23N5O2. The zero-order chi connectivity index (χ0) is 21.4. The monoisotopic (exact) mass is 413 g/mol. The van der Waals surface area contributed by atoms with Crippen LogP contribution in [0.5, 0.6) is 0 Å². The molecule has 0 radical (unpaired) electrons. The normalized spacial score (nSPS) is 15.0. The van der Waals surface area contributed by atoms with E-state index < -0.39 is 0 Å². The van der Waals surface area contributed by atoms with E-state index in [0.29, 0.717) is 22.8 Å². The number of benzene rings is 2. The van der Waals surface area contributed by atoms with Crippen LogP contribution in [0.4, 0.5) is 22.0 Å². The minimum atomic E-state index is -0.347. The second-order valence-electron chi connectivity index (χ2n) is 7.82. The number of nitrogens with one attached hydrogen (secondary N) is 3. The molecule has 0 bridgehead atoms. The number of urea groups is 1. The van der Waals surface area contributed by atoms with Crippen molar-refractivity contribution in [3.8, 4) is 0 Å². The molecule has 2 aromatic heterocycles. The summed E-state index contributed by atoms with van der Waals surface area (Å²) >= 11 is 0. The number of fused-ring (bicyclic) bond motifs is 2. The maximum Gasteiger partial charge on any atom is 0.323 e. The summed E-state index contributed by atoms with van der Waals surface area (Å²) in [6.45, 7) is 3.54. The first-order valence-electron chi connectivity index (χ1n) is 10.3. The summed E-state index contributed by atoms with van der Waals surface area (Å²) in [5.74, 6) is 1.42. The SMILES string of the molecule is Cc1noc(C)c1NC(=O)Nc1ccc2nc(NC3CCc4ccccc43)ccc2c1. The summed E-state index contributed by atoms with van der Waals surface area (Å²) in [4.78, 5) is 17.1. The molecule has 1 aliphatic rings. The summed E-state index contributed by atoms with van der Waals surface area (Å²) in [6, 6.07) is 18.2. The lowest BCUT2D eigenvalue weighted by molar-refractivity contribution is 0.262. The third-order valence-electron chi connectivity index (χ3n) is 5.67. The van der Waals surface area contributed by atoms with Gasteiger partial charge >= 0.3 is 6.03 Å². The third-order valence-corrected chi connectivity index (χ3v) is 5.67. The van der Waals surface area contributed by atoms with Crippen LogP contribution in [0.1, 0.15) is 35.0 Å². The second kappa shape index (κ2) is 7.75. The Labute approximate surface area is 179 Å². The van der Waals surface area contributed by atoms with Gasteiger partial charge in [-0.25, -0.2) is 9.78 Å². The number of pyridine rings is 1. The van der Waals surface area contributed by atoms with Crippen LogP contribution in [0.2, 0.25) is 0 Å². The van der Waals surface area contributed by atoms with E-state index >= 15 is 0 Å². The molecule has 2 heterocycles. The van der Waals surface area contributed by atoms with E-state index in [0.717, 1.165) is 29.6 Å². The summed E-state index contributed by atoms with van der Waals surface area (Å²) in [5, 5.41) is 14.0. The Morgan fingerprint density at radius 1 is 1.06 bits per heavy atom. The summed E-state index contributed by atoms with van der Waals surface area (Å²) < 4.78 is 5.08. The van der Waals surface area contributed by atoms with Crippen molar-refractivity contribution >= 4 is 34.1 Å². The Morgan fingerprint density at radius 2 is 1.94 bits per heavy atom. The molecule has 31 heavy (non-hydrogen) atoms. The van der Waals surface area contributed by atoms with Gasteiger partial charge in [0.2, 0.25) is 0 Å². The van der Waals surface area contributed by atoms with E-state index in [1.165, 1.54) is 11.1 Å². The van der Waals surface area contributed by atoms with Crippen LogP contribution in [0.3, 0.4) is 0 Å². The molecule has 7 heteroatoms. The van der Waals surface area contributed by atoms with Crippen LogP contribution in [-0.2, 0) is 6.42 Å². The van der Waals surface area contributed by atoms with Gasteiger partial charge in [-0.15, -0.1) is 0 Å². The number of amides is 2. The molecule has 3 N–H and O–H groups in total. The molecule has 7 nitrogen and oxygen atoms in total. The maximum atomic E-state index is 12.4. The van der Waals surface area contributed by atoms with Gasteiger partial charge in [0, 0.05) is 11.1 Å². The Morgan fingerprint density at radius 3 is 2.77 bits per heavy atom. The predicted molar refractivity (Wildman–Crippen MR) is 121 cm³/mol. The number of nitrogens with zero attached hydrogens (tertiary/aromatic N) is 2. The Bertz CT molecular complexity index is 1260. The van der Waals surface area contributed by atoms with E-state index in [1.807, 2.05) is 30.3 Å². The highest BCUT2D eigenvalue weighted by Gasteiger charge is 2.22. The minimum Gasteiger partial charge on any atom is -0.363 e. The highest BCUT2D eigenvalue weighted by molar-refractivity contribution is 6.01. The Balaban J connectivity index is 1.29. The first kappa shape index (κ1) is 19.1. The van der Waals surface area contributed by atoms with E-state index in [-0.39, 0.29) is 12.1 Å². The molecule has 1 aliphatic carbocycles. The highest BCUT2D eigenvalue weighted by atomic mass is 16.5. The molecule has 0 saturated heterocycles. The molecule has 0 spiro atoms. The Hall–Kier alpha value is -3.87. The molecule has 156 valence electrons. The Kier molecular flexibility index (Phi) is 4.78. The fourth-order valence-corrected chi connectivity index (χ4v) is 4.11. The zero-order valence-corrected chi connectivity index (χ0v) is 17.4. The van der Waals surface area contributed by atoms with Crippen molar-refractivity contribution in [2.45, 2.75) is 32.7 Å². The fraction of sp³-hybridized carbons (Fsp3) is 0.208. The van der Waals surface area contributed by atoms with Crippen molar-refractivity contribution in [1.82, 2.24) is 10.1 Å². The number of aryl methyl sites for hydroxylation is 3. The molecule has 2 amide bonds. The van der Waals surface area contributed by atoms with Gasteiger partial charge in [-0.1, -0.05) is 29.4 Å². The summed E-state index contributed by atoms with van der Waals surface area (Å²) in [7, 11) is 0. The molecular weight excluding hydrogens is 390 g/mol. The van der Waals surface area contributed by atoms with E-state index in [2.05, 4.69) is 45.4 Å². The topological polar surface area (TPSA) is 92.1 Å². The van der Waals surface area contributed by atoms with Gasteiger partial charge in [0.25, 0.3) is 0 Å². The summed E-state index contributed by atoms with van der Waals surface area (Å²) in [5.41, 5.74) is 5.54. The smallest absolute Gasteiger partial charge is 0.323 e. The van der Waals surface area contributed by atoms with Crippen LogP contribution >= 0.6 is 0 Å². The minimum absolute atomic E-state index is 0.287. The lowest BCUT2D eigenvalue weighted by Gasteiger charge is -2.15. The molecule has 2 aromatic carbocycles. The van der Waals surface area contributed by atoms with Gasteiger partial charge in [-0.3, -0.25) is 0 Å². The predicted octanol–water partition coefficient (Wildman–Crippen LogP) is 5.58. The van der Waals surface area contributed by atoms with Gasteiger partial charge in [-0.05, 0) is 68.1 Å². The van der Waals surface area contributed by atoms with Gasteiger partial charge in [-0.2, -0.15) is 0 Å². The third kappa shape index (κ3) is 3.82. The molecule has 1 unspecified atom stereocenters. The molecule has 0 aliphatic heterocycles. The molecule has 1 atom stereocenters. The van der Waals surface area contributed by atoms with Gasteiger partial charge in [0.1, 0.15) is 17.2 Å². The van der Waals surface area contributed by atoms with Gasteiger partial charge in [0.05, 0.1) is 11.6 Å². The number of carbonyl (C=O) groups is 1. The van der Waals surface area contributed by atoms with E-state index in [1.54, 1.807) is 13.8 Å². The average molecular weight is 413 g/mol. The van der Waals surface area contributed by atoms with Crippen LogP contribution < -0.4 is 16.0 Å². The van der Waals surface area contributed by atoms with Crippen LogP contribution in [0.25, 0.3) is 10.9 Å². The average Bonchev–Trinajstić information content (AvgIpc) is 3.32. The quantitative estimate of drug-likeness (QED) is 0.406. The van der Waals surface area contributed by atoms with Crippen molar-refractivity contribution in [2.75, 3.05) is 16.0 Å². The number of hydrogen-bond acceptors (Lipinski definition) is 5. The molecule has 0 saturated carbocycles. The van der Waals surface area contributed by atoms with E-state index in [9.17, 15) is 4.79 Å². The molecule has 0 fully saturated rings. The van der Waals surface area contributed by atoms with E-state index in [4.69, 9.17) is 9.51 Å². The largest absolute Gasteiger partial charge is 0.363 e. The van der Waals surface area contributed by atoms with Crippen LogP contribution in [0, 0.1) is 13.8 Å². The second-order valence-corrected chi connectivity index (χ2v) is 7.82. The van der Waals surface area contributed by atoms with Crippen molar-refractivity contribution < 1.29 is 9.32 Å². The lowest BCUT2D eigenvalue weighted by atomic mass is 10.1. The van der Waals surface area contributed by atoms with Gasteiger partial charge in [0.15, 0.2) is 5.76 Å².